The molecule has 1 heterocycles. The van der Waals surface area contributed by atoms with Crippen LogP contribution in [0.1, 0.15) is 6.92 Å². The highest BCUT2D eigenvalue weighted by Gasteiger charge is 2.23. The van der Waals surface area contributed by atoms with Crippen molar-refractivity contribution in [3.63, 3.8) is 0 Å². The molecule has 118 valence electrons. The number of anilines is 1. The number of para-hydroxylation sites is 1. The summed E-state index contributed by atoms with van der Waals surface area (Å²) in [6, 6.07) is 7.19. The zero-order valence-corrected chi connectivity index (χ0v) is 13.3. The molecule has 6 nitrogen and oxygen atoms in total. The lowest BCUT2D eigenvalue weighted by molar-refractivity contribution is 0.264. The molecule has 0 spiro atoms. The van der Waals surface area contributed by atoms with Crippen molar-refractivity contribution >= 4 is 15.7 Å². The zero-order chi connectivity index (χ0) is 15.3. The van der Waals surface area contributed by atoms with Crippen LogP contribution in [0.4, 0.5) is 5.69 Å². The molecular weight excluding hydrogens is 288 g/mol. The second kappa shape index (κ2) is 7.22. The van der Waals surface area contributed by atoms with Crippen LogP contribution in [-0.2, 0) is 10.0 Å². The van der Waals surface area contributed by atoms with E-state index < -0.39 is 10.0 Å². The third-order valence-electron chi connectivity index (χ3n) is 3.65. The maximum Gasteiger partial charge on any atom is 0.242 e. The Bertz CT molecular complexity index is 554. The van der Waals surface area contributed by atoms with Crippen molar-refractivity contribution in [2.45, 2.75) is 11.8 Å². The largest absolute Gasteiger partial charge is 0.368 e. The minimum Gasteiger partial charge on any atom is -0.368 e. The number of nitrogens with two attached hydrogens (primary N) is 1. The van der Waals surface area contributed by atoms with Crippen molar-refractivity contribution in [3.05, 3.63) is 24.3 Å². The molecule has 0 amide bonds. The van der Waals surface area contributed by atoms with E-state index in [-0.39, 0.29) is 0 Å². The summed E-state index contributed by atoms with van der Waals surface area (Å²) < 4.78 is 27.2. The van der Waals surface area contributed by atoms with E-state index in [1.54, 1.807) is 19.1 Å². The average Bonchev–Trinajstić information content (AvgIpc) is 2.48. The Balaban J connectivity index is 2.18. The number of rotatable bonds is 6. The van der Waals surface area contributed by atoms with E-state index in [9.17, 15) is 8.42 Å². The number of sulfonamides is 1. The van der Waals surface area contributed by atoms with Gasteiger partial charge in [0.15, 0.2) is 0 Å². The molecule has 1 aromatic carbocycles. The first-order chi connectivity index (χ1) is 10.1. The molecule has 3 N–H and O–H groups in total. The van der Waals surface area contributed by atoms with E-state index in [0.29, 0.717) is 18.0 Å². The lowest BCUT2D eigenvalue weighted by atomic mass is 10.2. The fraction of sp³-hybridized carbons (Fsp3) is 0.571. The highest BCUT2D eigenvalue weighted by Crippen LogP contribution is 2.25. The molecule has 0 radical (unpaired) electrons. The smallest absolute Gasteiger partial charge is 0.242 e. The van der Waals surface area contributed by atoms with Crippen molar-refractivity contribution in [3.8, 4) is 0 Å². The molecule has 2 rings (SSSR count). The fourth-order valence-corrected chi connectivity index (χ4v) is 3.87. The molecule has 1 aliphatic rings. The molecule has 0 saturated carbocycles. The van der Waals surface area contributed by atoms with Crippen molar-refractivity contribution in [2.75, 3.05) is 50.7 Å². The van der Waals surface area contributed by atoms with Gasteiger partial charge in [-0.15, -0.1) is 0 Å². The van der Waals surface area contributed by atoms with Gasteiger partial charge in [0, 0.05) is 45.8 Å². The Kier molecular flexibility index (Phi) is 5.58. The Morgan fingerprint density at radius 3 is 2.48 bits per heavy atom. The van der Waals surface area contributed by atoms with Crippen LogP contribution in [0.3, 0.4) is 0 Å². The summed E-state index contributed by atoms with van der Waals surface area (Å²) in [4.78, 5) is 4.80. The SMILES string of the molecule is CCNS(=O)(=O)c1ccccc1N1CCN(CCN)CC1. The monoisotopic (exact) mass is 312 g/mol. The number of nitrogens with zero attached hydrogens (tertiary/aromatic N) is 2. The summed E-state index contributed by atoms with van der Waals surface area (Å²) in [5, 5.41) is 0. The normalized spacial score (nSPS) is 17.1. The Morgan fingerprint density at radius 1 is 1.19 bits per heavy atom. The van der Waals surface area contributed by atoms with Crippen LogP contribution in [0, 0.1) is 0 Å². The van der Waals surface area contributed by atoms with Gasteiger partial charge in [0.1, 0.15) is 4.90 Å². The van der Waals surface area contributed by atoms with Crippen molar-refractivity contribution in [2.24, 2.45) is 5.73 Å². The van der Waals surface area contributed by atoms with Gasteiger partial charge < -0.3 is 10.6 Å². The number of nitrogens with one attached hydrogen (secondary N) is 1. The molecule has 1 aliphatic heterocycles. The topological polar surface area (TPSA) is 78.7 Å². The lowest BCUT2D eigenvalue weighted by Crippen LogP contribution is -2.48. The van der Waals surface area contributed by atoms with Gasteiger partial charge in [0.2, 0.25) is 10.0 Å². The summed E-state index contributed by atoms with van der Waals surface area (Å²) in [6.07, 6.45) is 0. The van der Waals surface area contributed by atoms with Crippen LogP contribution in [0.5, 0.6) is 0 Å². The Morgan fingerprint density at radius 2 is 1.86 bits per heavy atom. The van der Waals surface area contributed by atoms with Gasteiger partial charge in [-0.3, -0.25) is 4.90 Å². The number of hydrogen-bond donors (Lipinski definition) is 2. The molecule has 1 aromatic rings. The second-order valence-electron chi connectivity index (χ2n) is 5.09. The molecule has 7 heteroatoms. The predicted octanol–water partition coefficient (Wildman–Crippen LogP) is 0.0655. The molecule has 0 aliphatic carbocycles. The number of hydrogen-bond acceptors (Lipinski definition) is 5. The summed E-state index contributed by atoms with van der Waals surface area (Å²) in [7, 11) is -3.44. The van der Waals surface area contributed by atoms with E-state index in [0.717, 1.165) is 38.4 Å². The van der Waals surface area contributed by atoms with Gasteiger partial charge in [-0.1, -0.05) is 19.1 Å². The van der Waals surface area contributed by atoms with Crippen LogP contribution >= 0.6 is 0 Å². The van der Waals surface area contributed by atoms with Gasteiger partial charge in [-0.05, 0) is 12.1 Å². The molecule has 0 aromatic heterocycles. The van der Waals surface area contributed by atoms with E-state index in [1.165, 1.54) is 0 Å². The molecule has 0 unspecified atom stereocenters. The van der Waals surface area contributed by atoms with Crippen LogP contribution in [-0.4, -0.2) is 59.1 Å². The van der Waals surface area contributed by atoms with Crippen LogP contribution in [0.2, 0.25) is 0 Å². The van der Waals surface area contributed by atoms with E-state index in [4.69, 9.17) is 5.73 Å². The average molecular weight is 312 g/mol. The molecule has 21 heavy (non-hydrogen) atoms. The summed E-state index contributed by atoms with van der Waals surface area (Å²) in [5.74, 6) is 0. The van der Waals surface area contributed by atoms with Crippen LogP contribution in [0.25, 0.3) is 0 Å². The van der Waals surface area contributed by atoms with Crippen molar-refractivity contribution < 1.29 is 8.42 Å². The fourth-order valence-electron chi connectivity index (χ4n) is 2.61. The first-order valence-corrected chi connectivity index (χ1v) is 8.83. The molecule has 0 bridgehead atoms. The number of benzene rings is 1. The summed E-state index contributed by atoms with van der Waals surface area (Å²) in [5.41, 5.74) is 6.36. The third kappa shape index (κ3) is 3.94. The van der Waals surface area contributed by atoms with Gasteiger partial charge in [0.05, 0.1) is 5.69 Å². The minimum absolute atomic E-state index is 0.360. The predicted molar refractivity (Wildman–Crippen MR) is 85.0 cm³/mol. The Labute approximate surface area is 127 Å². The van der Waals surface area contributed by atoms with E-state index >= 15 is 0 Å². The first-order valence-electron chi connectivity index (χ1n) is 7.34. The van der Waals surface area contributed by atoms with Gasteiger partial charge in [-0.25, -0.2) is 13.1 Å². The highest BCUT2D eigenvalue weighted by molar-refractivity contribution is 7.89. The maximum absolute atomic E-state index is 12.3. The summed E-state index contributed by atoms with van der Waals surface area (Å²) in [6.45, 7) is 7.18. The highest BCUT2D eigenvalue weighted by atomic mass is 32.2. The van der Waals surface area contributed by atoms with Crippen molar-refractivity contribution in [1.82, 2.24) is 9.62 Å². The Hall–Kier alpha value is -1.15. The third-order valence-corrected chi connectivity index (χ3v) is 5.24. The molecule has 1 saturated heterocycles. The summed E-state index contributed by atoms with van der Waals surface area (Å²) >= 11 is 0. The molecule has 1 fully saturated rings. The van der Waals surface area contributed by atoms with E-state index in [2.05, 4.69) is 14.5 Å². The van der Waals surface area contributed by atoms with E-state index in [1.807, 2.05) is 12.1 Å². The zero-order valence-electron chi connectivity index (χ0n) is 12.5. The number of piperazine rings is 1. The first kappa shape index (κ1) is 16.2. The van der Waals surface area contributed by atoms with Gasteiger partial charge in [0.25, 0.3) is 0 Å². The van der Waals surface area contributed by atoms with Crippen molar-refractivity contribution in [1.29, 1.82) is 0 Å². The van der Waals surface area contributed by atoms with Gasteiger partial charge in [-0.2, -0.15) is 0 Å². The van der Waals surface area contributed by atoms with Gasteiger partial charge >= 0.3 is 0 Å². The van der Waals surface area contributed by atoms with Crippen LogP contribution < -0.4 is 15.4 Å². The quantitative estimate of drug-likeness (QED) is 0.777. The second-order valence-corrected chi connectivity index (χ2v) is 6.82. The van der Waals surface area contributed by atoms with Crippen LogP contribution in [0.15, 0.2) is 29.2 Å². The standard InChI is InChI=1S/C14H24N4O2S/c1-2-16-21(19,20)14-6-4-3-5-13(14)18-11-9-17(8-7-15)10-12-18/h3-6,16H,2,7-12,15H2,1H3. The minimum atomic E-state index is -3.44. The lowest BCUT2D eigenvalue weighted by Gasteiger charge is -2.36. The molecule has 0 atom stereocenters. The molecular formula is C14H24N4O2S. The maximum atomic E-state index is 12.3.